The maximum atomic E-state index is 12.5. The van der Waals surface area contributed by atoms with Gasteiger partial charge < -0.3 is 10.2 Å². The van der Waals surface area contributed by atoms with E-state index < -0.39 is 0 Å². The molecule has 0 bridgehead atoms. The van der Waals surface area contributed by atoms with Crippen molar-refractivity contribution in [2.45, 2.75) is 26.3 Å². The van der Waals surface area contributed by atoms with Crippen molar-refractivity contribution in [3.63, 3.8) is 0 Å². The highest BCUT2D eigenvalue weighted by atomic mass is 16.2. The van der Waals surface area contributed by atoms with Crippen LogP contribution in [-0.2, 0) is 11.3 Å². The average Bonchev–Trinajstić information content (AvgIpc) is 3.31. The van der Waals surface area contributed by atoms with Gasteiger partial charge in [-0.1, -0.05) is 0 Å². The molecule has 1 saturated heterocycles. The van der Waals surface area contributed by atoms with Gasteiger partial charge in [0.05, 0.1) is 12.2 Å². The molecular weight excluding hydrogens is 384 g/mol. The zero-order valence-corrected chi connectivity index (χ0v) is 16.8. The summed E-state index contributed by atoms with van der Waals surface area (Å²) in [6.45, 7) is 4.09. The van der Waals surface area contributed by atoms with Crippen LogP contribution < -0.4 is 15.8 Å². The summed E-state index contributed by atoms with van der Waals surface area (Å²) in [6.07, 6.45) is 4.92. The minimum Gasteiger partial charge on any atom is -0.355 e. The Kier molecular flexibility index (Phi) is 5.82. The fourth-order valence-electron chi connectivity index (χ4n) is 3.49. The van der Waals surface area contributed by atoms with Crippen molar-refractivity contribution in [1.82, 2.24) is 35.1 Å². The van der Waals surface area contributed by atoms with Gasteiger partial charge in [0.2, 0.25) is 5.91 Å². The maximum Gasteiger partial charge on any atom is 0.266 e. The normalized spacial score (nSPS) is 14.6. The number of carbonyl (C=O) groups is 1. The van der Waals surface area contributed by atoms with Gasteiger partial charge in [-0.25, -0.2) is 9.36 Å². The summed E-state index contributed by atoms with van der Waals surface area (Å²) in [5, 5.41) is 19.7. The second-order valence-electron chi connectivity index (χ2n) is 7.29. The summed E-state index contributed by atoms with van der Waals surface area (Å²) in [5.41, 5.74) is 0.671. The van der Waals surface area contributed by atoms with E-state index in [9.17, 15) is 9.59 Å². The highest BCUT2D eigenvalue weighted by Gasteiger charge is 2.25. The SMILES string of the molecule is Cc1ccc(N2CCC(C(=O)NCCn3nc(-n4cccn4)ccc3=O)CC2)nn1. The number of hydrogen-bond acceptors (Lipinski definition) is 7. The van der Waals surface area contributed by atoms with Gasteiger partial charge in [-0.15, -0.1) is 10.2 Å². The molecule has 10 nitrogen and oxygen atoms in total. The van der Waals surface area contributed by atoms with Gasteiger partial charge >= 0.3 is 0 Å². The molecule has 0 aromatic carbocycles. The Morgan fingerprint density at radius 2 is 1.93 bits per heavy atom. The Morgan fingerprint density at radius 1 is 1.13 bits per heavy atom. The highest BCUT2D eigenvalue weighted by molar-refractivity contribution is 5.78. The van der Waals surface area contributed by atoms with Crippen molar-refractivity contribution in [3.05, 3.63) is 58.8 Å². The van der Waals surface area contributed by atoms with Crippen LogP contribution in [0.1, 0.15) is 18.5 Å². The standard InChI is InChI=1S/C20H24N8O2/c1-15-3-4-17(24-23-15)26-12-7-16(8-13-26)20(30)21-10-14-28-19(29)6-5-18(25-28)27-11-2-9-22-27/h2-6,9,11,16H,7-8,10,12-14H2,1H3,(H,21,30). The van der Waals surface area contributed by atoms with Crippen molar-refractivity contribution in [2.24, 2.45) is 5.92 Å². The molecule has 0 saturated carbocycles. The zero-order chi connectivity index (χ0) is 20.9. The number of aromatic nitrogens is 6. The molecule has 1 aliphatic rings. The largest absolute Gasteiger partial charge is 0.355 e. The predicted molar refractivity (Wildman–Crippen MR) is 110 cm³/mol. The topological polar surface area (TPSA) is 111 Å². The van der Waals surface area contributed by atoms with Gasteiger partial charge in [0.1, 0.15) is 0 Å². The Balaban J connectivity index is 1.27. The van der Waals surface area contributed by atoms with Crippen LogP contribution >= 0.6 is 0 Å². The Labute approximate surface area is 173 Å². The lowest BCUT2D eigenvalue weighted by Gasteiger charge is -2.31. The van der Waals surface area contributed by atoms with Crippen LogP contribution in [0.4, 0.5) is 5.82 Å². The Hall–Kier alpha value is -3.56. The third-order valence-electron chi connectivity index (χ3n) is 5.19. The van der Waals surface area contributed by atoms with Gasteiger partial charge in [0, 0.05) is 44.0 Å². The molecule has 3 aromatic heterocycles. The number of aryl methyl sites for hydroxylation is 1. The molecule has 0 aliphatic carbocycles. The molecule has 30 heavy (non-hydrogen) atoms. The Morgan fingerprint density at radius 3 is 2.63 bits per heavy atom. The predicted octanol–water partition coefficient (Wildman–Crippen LogP) is 0.560. The lowest BCUT2D eigenvalue weighted by Crippen LogP contribution is -2.42. The van der Waals surface area contributed by atoms with E-state index in [4.69, 9.17) is 0 Å². The molecule has 156 valence electrons. The number of nitrogens with zero attached hydrogens (tertiary/aromatic N) is 7. The van der Waals surface area contributed by atoms with Crippen LogP contribution in [0, 0.1) is 12.8 Å². The van der Waals surface area contributed by atoms with E-state index in [-0.39, 0.29) is 17.4 Å². The van der Waals surface area contributed by atoms with Crippen molar-refractivity contribution < 1.29 is 4.79 Å². The second kappa shape index (κ2) is 8.85. The van der Waals surface area contributed by atoms with Gasteiger partial charge in [-0.3, -0.25) is 9.59 Å². The summed E-state index contributed by atoms with van der Waals surface area (Å²) in [4.78, 5) is 26.7. The van der Waals surface area contributed by atoms with E-state index in [1.54, 1.807) is 29.2 Å². The first kappa shape index (κ1) is 19.7. The first-order valence-electron chi connectivity index (χ1n) is 10.0. The van der Waals surface area contributed by atoms with Crippen LogP contribution in [0.2, 0.25) is 0 Å². The van der Waals surface area contributed by atoms with E-state index in [0.717, 1.165) is 37.4 Å². The van der Waals surface area contributed by atoms with Crippen molar-refractivity contribution >= 4 is 11.7 Å². The molecule has 1 aliphatic heterocycles. The smallest absolute Gasteiger partial charge is 0.266 e. The summed E-state index contributed by atoms with van der Waals surface area (Å²) in [5.74, 6) is 1.38. The van der Waals surface area contributed by atoms with Crippen LogP contribution in [0.5, 0.6) is 0 Å². The molecule has 1 N–H and O–H groups in total. The highest BCUT2D eigenvalue weighted by Crippen LogP contribution is 2.21. The number of nitrogens with one attached hydrogen (secondary N) is 1. The maximum absolute atomic E-state index is 12.5. The number of hydrogen-bond donors (Lipinski definition) is 1. The van der Waals surface area contributed by atoms with Gasteiger partial charge in [0.15, 0.2) is 11.6 Å². The third-order valence-corrected chi connectivity index (χ3v) is 5.19. The molecular formula is C20H24N8O2. The third kappa shape index (κ3) is 4.53. The number of carbonyl (C=O) groups excluding carboxylic acids is 1. The first-order valence-corrected chi connectivity index (χ1v) is 10.0. The molecule has 4 rings (SSSR count). The van der Waals surface area contributed by atoms with Crippen molar-refractivity contribution in [3.8, 4) is 5.82 Å². The van der Waals surface area contributed by atoms with Gasteiger partial charge in [-0.05, 0) is 44.0 Å². The van der Waals surface area contributed by atoms with Crippen LogP contribution in [0.25, 0.3) is 5.82 Å². The molecule has 0 radical (unpaired) electrons. The van der Waals surface area contributed by atoms with Crippen molar-refractivity contribution in [1.29, 1.82) is 0 Å². The molecule has 1 fully saturated rings. The molecule has 4 heterocycles. The minimum atomic E-state index is -0.215. The summed E-state index contributed by atoms with van der Waals surface area (Å²) in [6, 6.07) is 8.77. The fourth-order valence-corrected chi connectivity index (χ4v) is 3.49. The second-order valence-corrected chi connectivity index (χ2v) is 7.29. The lowest BCUT2D eigenvalue weighted by molar-refractivity contribution is -0.125. The average molecular weight is 408 g/mol. The molecule has 0 spiro atoms. The molecule has 0 unspecified atom stereocenters. The van der Waals surface area contributed by atoms with Gasteiger partial charge in [0.25, 0.3) is 5.56 Å². The van der Waals surface area contributed by atoms with Crippen molar-refractivity contribution in [2.75, 3.05) is 24.5 Å². The summed E-state index contributed by atoms with van der Waals surface area (Å²) in [7, 11) is 0. The van der Waals surface area contributed by atoms with Crippen LogP contribution in [-0.4, -0.2) is 55.3 Å². The van der Waals surface area contributed by atoms with Crippen LogP contribution in [0.15, 0.2) is 47.5 Å². The fraction of sp³-hybridized carbons (Fsp3) is 0.400. The summed E-state index contributed by atoms with van der Waals surface area (Å²) >= 11 is 0. The monoisotopic (exact) mass is 408 g/mol. The van der Waals surface area contributed by atoms with E-state index in [0.29, 0.717) is 18.9 Å². The molecule has 1 amide bonds. The van der Waals surface area contributed by atoms with E-state index in [1.165, 1.54) is 10.7 Å². The minimum absolute atomic E-state index is 0.0147. The lowest BCUT2D eigenvalue weighted by atomic mass is 9.96. The first-order chi connectivity index (χ1) is 14.6. The quantitative estimate of drug-likeness (QED) is 0.634. The summed E-state index contributed by atoms with van der Waals surface area (Å²) < 4.78 is 2.93. The molecule has 0 atom stereocenters. The number of amides is 1. The van der Waals surface area contributed by atoms with E-state index in [2.05, 4.69) is 30.6 Å². The number of piperidine rings is 1. The molecule has 3 aromatic rings. The zero-order valence-electron chi connectivity index (χ0n) is 16.8. The number of rotatable bonds is 6. The van der Waals surface area contributed by atoms with E-state index >= 15 is 0 Å². The van der Waals surface area contributed by atoms with Crippen LogP contribution in [0.3, 0.4) is 0 Å². The van der Waals surface area contributed by atoms with Gasteiger partial charge in [-0.2, -0.15) is 10.2 Å². The van der Waals surface area contributed by atoms with E-state index in [1.807, 2.05) is 19.1 Å². The molecule has 10 heteroatoms. The Bertz CT molecular complexity index is 1040. The number of anilines is 1.